The van der Waals surface area contributed by atoms with Gasteiger partial charge in [-0.15, -0.1) is 0 Å². The van der Waals surface area contributed by atoms with E-state index in [1.165, 1.54) is 12.1 Å². The maximum atomic E-state index is 13.1. The Morgan fingerprint density at radius 2 is 1.95 bits per heavy atom. The third kappa shape index (κ3) is 4.96. The van der Waals surface area contributed by atoms with E-state index in [0.29, 0.717) is 35.2 Å². The van der Waals surface area contributed by atoms with Crippen molar-refractivity contribution in [3.63, 3.8) is 0 Å². The molecule has 196 valence electrons. The summed E-state index contributed by atoms with van der Waals surface area (Å²) in [5.74, 6) is -0.355. The fourth-order valence-electron chi connectivity index (χ4n) is 4.55. The predicted octanol–water partition coefficient (Wildman–Crippen LogP) is 4.75. The molecule has 5 rings (SSSR count). The van der Waals surface area contributed by atoms with Crippen LogP contribution < -0.4 is 5.32 Å². The van der Waals surface area contributed by atoms with Crippen LogP contribution in [0.2, 0.25) is 0 Å². The van der Waals surface area contributed by atoms with Crippen molar-refractivity contribution in [2.45, 2.75) is 64.3 Å². The van der Waals surface area contributed by atoms with Gasteiger partial charge in [-0.2, -0.15) is 13.2 Å². The molecule has 1 fully saturated rings. The number of aromatic nitrogens is 4. The van der Waals surface area contributed by atoms with Gasteiger partial charge < -0.3 is 19.7 Å². The molecule has 2 N–H and O–H groups in total. The number of nitrogens with one attached hydrogen (secondary N) is 1. The molecule has 12 heteroatoms. The number of anilines is 1. The summed E-state index contributed by atoms with van der Waals surface area (Å²) in [5.41, 5.74) is 0.424. The van der Waals surface area contributed by atoms with Crippen LogP contribution in [-0.2, 0) is 17.5 Å². The van der Waals surface area contributed by atoms with Gasteiger partial charge in [0.05, 0.1) is 18.2 Å². The lowest BCUT2D eigenvalue weighted by atomic mass is 9.80. The molecular formula is C25H27F3N6O3. The highest BCUT2D eigenvalue weighted by Crippen LogP contribution is 2.33. The van der Waals surface area contributed by atoms with Crippen molar-refractivity contribution in [2.75, 3.05) is 11.9 Å². The van der Waals surface area contributed by atoms with E-state index in [4.69, 9.17) is 4.74 Å². The smallest absolute Gasteiger partial charge is 0.416 e. The van der Waals surface area contributed by atoms with Crippen LogP contribution in [0.4, 0.5) is 19.0 Å². The molecule has 0 amide bonds. The number of carboxylic acids is 1. The van der Waals surface area contributed by atoms with E-state index in [0.717, 1.165) is 37.8 Å². The average molecular weight is 517 g/mol. The number of hydrogen-bond donors (Lipinski definition) is 2. The summed E-state index contributed by atoms with van der Waals surface area (Å²) in [6.45, 7) is 4.52. The Kier molecular flexibility index (Phi) is 6.50. The lowest BCUT2D eigenvalue weighted by Crippen LogP contribution is -2.31. The lowest BCUT2D eigenvalue weighted by Gasteiger charge is -2.32. The number of carbonyl (C=O) groups is 1. The summed E-state index contributed by atoms with van der Waals surface area (Å²) < 4.78 is 46.8. The van der Waals surface area contributed by atoms with E-state index in [1.54, 1.807) is 4.57 Å². The van der Waals surface area contributed by atoms with Crippen LogP contribution in [-0.4, -0.2) is 55.2 Å². The molecule has 1 aromatic carbocycles. The van der Waals surface area contributed by atoms with Gasteiger partial charge in [0.15, 0.2) is 17.3 Å². The second-order valence-electron chi connectivity index (χ2n) is 9.52. The van der Waals surface area contributed by atoms with Crippen LogP contribution in [0, 0.1) is 5.92 Å². The molecule has 2 atom stereocenters. The first-order valence-electron chi connectivity index (χ1n) is 12.3. The van der Waals surface area contributed by atoms with Crippen molar-refractivity contribution in [3.8, 4) is 0 Å². The molecule has 0 unspecified atom stereocenters. The molecule has 0 saturated heterocycles. The van der Waals surface area contributed by atoms with Gasteiger partial charge >= 0.3 is 12.1 Å². The fourth-order valence-corrected chi connectivity index (χ4v) is 4.55. The molecule has 1 aliphatic carbocycles. The molecule has 0 bridgehead atoms. The van der Waals surface area contributed by atoms with Crippen LogP contribution in [0.25, 0.3) is 11.2 Å². The highest BCUT2D eigenvalue weighted by Gasteiger charge is 2.32. The van der Waals surface area contributed by atoms with Crippen LogP contribution in [0.1, 0.15) is 67.1 Å². The first-order valence-corrected chi connectivity index (χ1v) is 12.3. The Bertz CT molecular complexity index is 1350. The number of hydrogen-bond acceptors (Lipinski definition) is 7. The van der Waals surface area contributed by atoms with E-state index >= 15 is 0 Å². The van der Waals surface area contributed by atoms with Gasteiger partial charge in [0, 0.05) is 6.04 Å². The molecule has 9 nitrogen and oxygen atoms in total. The number of fused-ring (bicyclic) bond motifs is 1. The third-order valence-electron chi connectivity index (χ3n) is 7.01. The highest BCUT2D eigenvalue weighted by atomic mass is 19.4. The minimum Gasteiger partial charge on any atom is -0.475 e. The number of aromatic carboxylic acids is 1. The molecule has 1 aliphatic heterocycles. The summed E-state index contributed by atoms with van der Waals surface area (Å²) in [6, 6.07) is 4.84. The number of carboxylic acid groups (broad SMARTS) is 1. The van der Waals surface area contributed by atoms with Gasteiger partial charge in [0.25, 0.3) is 5.90 Å². The van der Waals surface area contributed by atoms with E-state index in [2.05, 4.69) is 25.3 Å². The van der Waals surface area contributed by atoms with Gasteiger partial charge in [-0.05, 0) is 49.8 Å². The number of ether oxygens (including phenoxy) is 1. The average Bonchev–Trinajstić information content (AvgIpc) is 3.42. The summed E-state index contributed by atoms with van der Waals surface area (Å²) in [4.78, 5) is 29.4. The van der Waals surface area contributed by atoms with E-state index in [-0.39, 0.29) is 30.2 Å². The third-order valence-corrected chi connectivity index (χ3v) is 7.01. The van der Waals surface area contributed by atoms with Crippen LogP contribution >= 0.6 is 0 Å². The van der Waals surface area contributed by atoms with Gasteiger partial charge in [-0.25, -0.2) is 24.7 Å². The van der Waals surface area contributed by atoms with Crippen molar-refractivity contribution >= 4 is 28.8 Å². The van der Waals surface area contributed by atoms with Crippen LogP contribution in [0.3, 0.4) is 0 Å². The highest BCUT2D eigenvalue weighted by molar-refractivity contribution is 5.98. The zero-order valence-electron chi connectivity index (χ0n) is 20.4. The Morgan fingerprint density at radius 1 is 1.22 bits per heavy atom. The Morgan fingerprint density at radius 3 is 2.51 bits per heavy atom. The van der Waals surface area contributed by atoms with Gasteiger partial charge in [-0.3, -0.25) is 0 Å². The Balaban J connectivity index is 1.64. The van der Waals surface area contributed by atoms with E-state index in [1.807, 2.05) is 13.8 Å². The van der Waals surface area contributed by atoms with Crippen molar-refractivity contribution in [1.29, 1.82) is 0 Å². The van der Waals surface area contributed by atoms with E-state index < -0.39 is 23.5 Å². The molecule has 3 heterocycles. The minimum atomic E-state index is -4.44. The molecule has 37 heavy (non-hydrogen) atoms. The normalized spacial score (nSPS) is 18.8. The molecule has 1 saturated carbocycles. The first-order chi connectivity index (χ1) is 17.6. The maximum Gasteiger partial charge on any atom is 0.416 e. The monoisotopic (exact) mass is 516 g/mol. The quantitative estimate of drug-likeness (QED) is 0.444. The Labute approximate surface area is 210 Å². The Hall–Kier alpha value is -3.70. The predicted molar refractivity (Wildman–Crippen MR) is 130 cm³/mol. The molecule has 3 aromatic rings. The van der Waals surface area contributed by atoms with Gasteiger partial charge in [-0.1, -0.05) is 25.5 Å². The standard InChI is InChI=1S/C25H27F3N6O3/c1-3-17-12-37-23(30-17)22-33-20-18(34(22)11-14-7-9-16(10-8-14)25(26,27)28)19(31-21(32-20)24(35)36)29-13(2)15-5-4-6-15/h7-10,13,15,17H,3-6,11-12H2,1-2H3,(H,35,36)(H,29,31,32)/t13-,17-/m1/s1. The van der Waals surface area contributed by atoms with Crippen molar-refractivity contribution in [1.82, 2.24) is 19.5 Å². The number of benzene rings is 1. The van der Waals surface area contributed by atoms with E-state index in [9.17, 15) is 23.1 Å². The topological polar surface area (TPSA) is 115 Å². The SMILES string of the molecule is CC[C@@H]1COC(c2nc3nc(C(=O)O)nc(N[C@H](C)C4CCC4)c3n2Cc2ccc(C(F)(F)F)cc2)=N1. The minimum absolute atomic E-state index is 0.0240. The molecular weight excluding hydrogens is 489 g/mol. The summed E-state index contributed by atoms with van der Waals surface area (Å²) in [7, 11) is 0. The largest absolute Gasteiger partial charge is 0.475 e. The van der Waals surface area contributed by atoms with Crippen molar-refractivity contribution in [2.24, 2.45) is 10.9 Å². The number of nitrogens with zero attached hydrogens (tertiary/aromatic N) is 5. The molecule has 2 aliphatic rings. The zero-order valence-corrected chi connectivity index (χ0v) is 20.4. The van der Waals surface area contributed by atoms with Gasteiger partial charge in [0.1, 0.15) is 12.1 Å². The summed E-state index contributed by atoms with van der Waals surface area (Å²) in [6.07, 6.45) is -0.414. The van der Waals surface area contributed by atoms with Crippen LogP contribution in [0.15, 0.2) is 29.3 Å². The molecule has 0 radical (unpaired) electrons. The lowest BCUT2D eigenvalue weighted by molar-refractivity contribution is -0.137. The summed E-state index contributed by atoms with van der Waals surface area (Å²) >= 11 is 0. The second kappa shape index (κ2) is 9.64. The molecule has 0 spiro atoms. The van der Waals surface area contributed by atoms with Crippen LogP contribution in [0.5, 0.6) is 0 Å². The number of halogens is 3. The summed E-state index contributed by atoms with van der Waals surface area (Å²) in [5, 5.41) is 13.0. The zero-order chi connectivity index (χ0) is 26.3. The number of rotatable bonds is 8. The number of alkyl halides is 3. The second-order valence-corrected chi connectivity index (χ2v) is 9.52. The maximum absolute atomic E-state index is 13.1. The number of aliphatic imine (C=N–C) groups is 1. The number of imidazole rings is 1. The van der Waals surface area contributed by atoms with Crippen molar-refractivity contribution in [3.05, 3.63) is 47.0 Å². The van der Waals surface area contributed by atoms with Crippen molar-refractivity contribution < 1.29 is 27.8 Å². The molecule has 2 aromatic heterocycles. The van der Waals surface area contributed by atoms with Gasteiger partial charge in [0.2, 0.25) is 5.82 Å². The fraction of sp³-hybridized carbons (Fsp3) is 0.480. The first kappa shape index (κ1) is 25.0.